The van der Waals surface area contributed by atoms with Crippen molar-refractivity contribution in [1.82, 2.24) is 25.3 Å². The topological polar surface area (TPSA) is 116 Å². The molecule has 0 radical (unpaired) electrons. The van der Waals surface area contributed by atoms with E-state index in [0.29, 0.717) is 23.7 Å². The zero-order valence-corrected chi connectivity index (χ0v) is 14.3. The molecule has 3 heterocycles. The minimum atomic E-state index is -0.252. The van der Waals surface area contributed by atoms with Gasteiger partial charge in [0.15, 0.2) is 0 Å². The van der Waals surface area contributed by atoms with Crippen molar-refractivity contribution in [2.24, 2.45) is 13.0 Å². The third kappa shape index (κ3) is 3.81. The minimum absolute atomic E-state index is 0.0692. The minimum Gasteiger partial charge on any atom is -0.370 e. The van der Waals surface area contributed by atoms with Crippen LogP contribution in [0.3, 0.4) is 0 Å². The van der Waals surface area contributed by atoms with E-state index in [1.54, 1.807) is 26.2 Å². The molecule has 1 fully saturated rings. The maximum atomic E-state index is 12.1. The zero-order chi connectivity index (χ0) is 18.0. The predicted molar refractivity (Wildman–Crippen MR) is 92.7 cm³/mol. The smallest absolute Gasteiger partial charge is 0.268 e. The van der Waals surface area contributed by atoms with Crippen LogP contribution in [0.2, 0.25) is 0 Å². The van der Waals surface area contributed by atoms with Gasteiger partial charge in [-0.15, -0.1) is 0 Å². The lowest BCUT2D eigenvalue weighted by molar-refractivity contribution is -0.120. The lowest BCUT2D eigenvalue weighted by Gasteiger charge is -2.18. The molecular weight excluding hydrogens is 324 g/mol. The first-order chi connectivity index (χ1) is 11.9. The first kappa shape index (κ1) is 17.0. The van der Waals surface area contributed by atoms with Gasteiger partial charge >= 0.3 is 0 Å². The number of anilines is 1. The predicted octanol–water partition coefficient (Wildman–Crippen LogP) is -0.710. The summed E-state index contributed by atoms with van der Waals surface area (Å²) in [5.74, 6) is 0.139. The van der Waals surface area contributed by atoms with E-state index in [9.17, 15) is 14.4 Å². The van der Waals surface area contributed by atoms with E-state index in [4.69, 9.17) is 0 Å². The number of aromatic amines is 2. The molecule has 1 aliphatic rings. The van der Waals surface area contributed by atoms with E-state index in [1.807, 2.05) is 0 Å². The molecule has 3 N–H and O–H groups in total. The number of hydrogen-bond donors (Lipinski definition) is 3. The maximum Gasteiger partial charge on any atom is 0.268 e. The summed E-state index contributed by atoms with van der Waals surface area (Å²) in [5.41, 5.74) is 1.58. The van der Waals surface area contributed by atoms with E-state index >= 15 is 0 Å². The zero-order valence-electron chi connectivity index (χ0n) is 14.3. The molecule has 9 heteroatoms. The number of carbonyl (C=O) groups excluding carboxylic acids is 1. The van der Waals surface area contributed by atoms with E-state index < -0.39 is 0 Å². The van der Waals surface area contributed by atoms with Crippen LogP contribution in [0.1, 0.15) is 17.7 Å². The summed E-state index contributed by atoms with van der Waals surface area (Å²) < 4.78 is 1.29. The van der Waals surface area contributed by atoms with Crippen LogP contribution in [-0.4, -0.2) is 45.5 Å². The van der Waals surface area contributed by atoms with Gasteiger partial charge in [-0.25, -0.2) is 4.68 Å². The molecule has 9 nitrogen and oxygen atoms in total. The largest absolute Gasteiger partial charge is 0.370 e. The molecule has 2 aromatic heterocycles. The monoisotopic (exact) mass is 346 g/mol. The summed E-state index contributed by atoms with van der Waals surface area (Å²) in [4.78, 5) is 37.4. The van der Waals surface area contributed by atoms with Crippen molar-refractivity contribution in [1.29, 1.82) is 0 Å². The Morgan fingerprint density at radius 2 is 2.20 bits per heavy atom. The summed E-state index contributed by atoms with van der Waals surface area (Å²) in [6.45, 7) is 3.90. The second-order valence-corrected chi connectivity index (χ2v) is 6.44. The normalized spacial score (nSPS) is 17.0. The summed E-state index contributed by atoms with van der Waals surface area (Å²) in [6, 6.07) is 1.58. The van der Waals surface area contributed by atoms with Gasteiger partial charge in [0.25, 0.3) is 11.1 Å². The van der Waals surface area contributed by atoms with Gasteiger partial charge in [0, 0.05) is 44.0 Å². The van der Waals surface area contributed by atoms with Crippen LogP contribution < -0.4 is 21.3 Å². The highest BCUT2D eigenvalue weighted by Crippen LogP contribution is 2.21. The number of hydrogen-bond acceptors (Lipinski definition) is 5. The van der Waals surface area contributed by atoms with Gasteiger partial charge < -0.3 is 15.3 Å². The Kier molecular flexibility index (Phi) is 4.73. The number of aromatic nitrogens is 4. The summed E-state index contributed by atoms with van der Waals surface area (Å²) in [6.07, 6.45) is 2.68. The van der Waals surface area contributed by atoms with Crippen molar-refractivity contribution in [3.05, 3.63) is 44.2 Å². The number of amides is 1. The van der Waals surface area contributed by atoms with Crippen LogP contribution in [0.4, 0.5) is 5.69 Å². The molecule has 0 aliphatic carbocycles. The maximum absolute atomic E-state index is 12.1. The molecule has 25 heavy (non-hydrogen) atoms. The molecule has 0 unspecified atom stereocenters. The Labute approximate surface area is 144 Å². The standard InChI is InChI=1S/C16H22N6O3/c1-10-13(16(25)20-19-10)6-14(23)17-7-11-3-4-22(9-11)12-5-15(24)21(2)18-8-12/h5,8,11H,3-4,6-7,9H2,1-2H3,(H,17,23)(H2,19,20,25)/t11-/m1/s1. The van der Waals surface area contributed by atoms with Crippen LogP contribution >= 0.6 is 0 Å². The van der Waals surface area contributed by atoms with Crippen molar-refractivity contribution in [3.63, 3.8) is 0 Å². The molecular formula is C16H22N6O3. The molecule has 0 spiro atoms. The van der Waals surface area contributed by atoms with E-state index in [0.717, 1.165) is 25.2 Å². The van der Waals surface area contributed by atoms with Crippen LogP contribution in [0.25, 0.3) is 0 Å². The molecule has 1 atom stereocenters. The van der Waals surface area contributed by atoms with Gasteiger partial charge in [0.2, 0.25) is 5.91 Å². The lowest BCUT2D eigenvalue weighted by Crippen LogP contribution is -2.33. The van der Waals surface area contributed by atoms with Gasteiger partial charge in [-0.3, -0.25) is 19.5 Å². The fourth-order valence-corrected chi connectivity index (χ4v) is 3.03. The van der Waals surface area contributed by atoms with E-state index in [-0.39, 0.29) is 23.4 Å². The molecule has 0 aromatic carbocycles. The molecule has 134 valence electrons. The fraction of sp³-hybridized carbons (Fsp3) is 0.500. The number of carbonyl (C=O) groups is 1. The average Bonchev–Trinajstić information content (AvgIpc) is 3.18. The van der Waals surface area contributed by atoms with Crippen LogP contribution in [-0.2, 0) is 18.3 Å². The summed E-state index contributed by atoms with van der Waals surface area (Å²) in [7, 11) is 1.62. The van der Waals surface area contributed by atoms with Crippen molar-refractivity contribution in [2.45, 2.75) is 19.8 Å². The molecule has 1 aliphatic heterocycles. The average molecular weight is 346 g/mol. The highest BCUT2D eigenvalue weighted by Gasteiger charge is 2.24. The molecule has 2 aromatic rings. The van der Waals surface area contributed by atoms with Gasteiger partial charge in [0.05, 0.1) is 18.3 Å². The number of nitrogens with one attached hydrogen (secondary N) is 3. The second kappa shape index (κ2) is 6.96. The SMILES string of the molecule is Cc1[nH][nH]c(=O)c1CC(=O)NC[C@H]1CCN(c2cnn(C)c(=O)c2)C1. The van der Waals surface area contributed by atoms with E-state index in [1.165, 1.54) is 4.68 Å². The number of H-pyrrole nitrogens is 2. The van der Waals surface area contributed by atoms with Gasteiger partial charge in [-0.2, -0.15) is 5.10 Å². The Hall–Kier alpha value is -2.84. The number of rotatable bonds is 5. The number of aryl methyl sites for hydroxylation is 2. The first-order valence-corrected chi connectivity index (χ1v) is 8.25. The molecule has 1 saturated heterocycles. The quantitative estimate of drug-likeness (QED) is 0.661. The Morgan fingerprint density at radius 1 is 1.40 bits per heavy atom. The summed E-state index contributed by atoms with van der Waals surface area (Å²) >= 11 is 0. The molecule has 0 saturated carbocycles. The molecule has 3 rings (SSSR count). The highest BCUT2D eigenvalue weighted by atomic mass is 16.2. The van der Waals surface area contributed by atoms with Crippen LogP contribution in [0, 0.1) is 12.8 Å². The van der Waals surface area contributed by atoms with Crippen molar-refractivity contribution in [2.75, 3.05) is 24.5 Å². The van der Waals surface area contributed by atoms with Crippen molar-refractivity contribution < 1.29 is 4.79 Å². The van der Waals surface area contributed by atoms with Crippen LogP contribution in [0.5, 0.6) is 0 Å². The van der Waals surface area contributed by atoms with Crippen molar-refractivity contribution >= 4 is 11.6 Å². The lowest BCUT2D eigenvalue weighted by atomic mass is 10.1. The third-order valence-corrected chi connectivity index (χ3v) is 4.62. The highest BCUT2D eigenvalue weighted by molar-refractivity contribution is 5.78. The summed E-state index contributed by atoms with van der Waals surface area (Å²) in [5, 5.41) is 12.1. The molecule has 0 bridgehead atoms. The van der Waals surface area contributed by atoms with Crippen LogP contribution in [0.15, 0.2) is 21.9 Å². The third-order valence-electron chi connectivity index (χ3n) is 4.62. The van der Waals surface area contributed by atoms with E-state index in [2.05, 4.69) is 25.5 Å². The van der Waals surface area contributed by atoms with Gasteiger partial charge in [0.1, 0.15) is 0 Å². The fourth-order valence-electron chi connectivity index (χ4n) is 3.03. The van der Waals surface area contributed by atoms with Crippen molar-refractivity contribution in [3.8, 4) is 0 Å². The number of nitrogens with zero attached hydrogens (tertiary/aromatic N) is 3. The molecule has 1 amide bonds. The van der Waals surface area contributed by atoms with Gasteiger partial charge in [-0.05, 0) is 19.3 Å². The Balaban J connectivity index is 1.51. The Morgan fingerprint density at radius 3 is 2.88 bits per heavy atom. The van der Waals surface area contributed by atoms with Gasteiger partial charge in [-0.1, -0.05) is 0 Å². The first-order valence-electron chi connectivity index (χ1n) is 8.25. The Bertz CT molecular complexity index is 880. The second-order valence-electron chi connectivity index (χ2n) is 6.44.